The number of benzene rings is 1. The molecular weight excluding hydrogens is 307 g/mol. The number of piperidine rings is 1. The molecule has 3 nitrogen and oxygen atoms in total. The van der Waals surface area contributed by atoms with Gasteiger partial charge in [-0.3, -0.25) is 4.79 Å². The van der Waals surface area contributed by atoms with Gasteiger partial charge in [-0.05, 0) is 68.5 Å². The van der Waals surface area contributed by atoms with Crippen molar-refractivity contribution in [1.29, 1.82) is 0 Å². The first-order valence-corrected chi connectivity index (χ1v) is 7.98. The Morgan fingerprint density at radius 3 is 2.61 bits per heavy atom. The van der Waals surface area contributed by atoms with Crippen molar-refractivity contribution >= 4 is 5.97 Å². The first kappa shape index (κ1) is 17.8. The lowest BCUT2D eigenvalue weighted by Crippen LogP contribution is -2.27. The van der Waals surface area contributed by atoms with Crippen molar-refractivity contribution < 1.29 is 22.7 Å². The lowest BCUT2D eigenvalue weighted by Gasteiger charge is -2.26. The van der Waals surface area contributed by atoms with Crippen LogP contribution in [0.1, 0.15) is 48.8 Å². The van der Waals surface area contributed by atoms with Crippen LogP contribution in [-0.2, 0) is 22.1 Å². The average molecular weight is 329 g/mol. The minimum atomic E-state index is -4.37. The summed E-state index contributed by atoms with van der Waals surface area (Å²) in [6.07, 6.45) is -2.18. The van der Waals surface area contributed by atoms with Crippen molar-refractivity contribution in [3.8, 4) is 0 Å². The van der Waals surface area contributed by atoms with Gasteiger partial charge in [-0.2, -0.15) is 13.2 Å². The molecule has 0 aliphatic carbocycles. The smallest absolute Gasteiger partial charge is 0.416 e. The molecule has 1 aliphatic heterocycles. The molecule has 1 fully saturated rings. The van der Waals surface area contributed by atoms with E-state index >= 15 is 0 Å². The molecule has 0 atom stereocenters. The van der Waals surface area contributed by atoms with Crippen LogP contribution in [0.4, 0.5) is 13.2 Å². The van der Waals surface area contributed by atoms with Crippen LogP contribution < -0.4 is 5.32 Å². The van der Waals surface area contributed by atoms with E-state index in [0.29, 0.717) is 5.56 Å². The lowest BCUT2D eigenvalue weighted by atomic mass is 9.85. The third-order valence-corrected chi connectivity index (χ3v) is 4.15. The molecule has 0 bridgehead atoms. The van der Waals surface area contributed by atoms with Gasteiger partial charge in [0.25, 0.3) is 0 Å². The SMILES string of the molecule is CCOC(=O)CCc1cc(C(F)(F)F)ccc1C1CCNCC1. The first-order chi connectivity index (χ1) is 10.9. The summed E-state index contributed by atoms with van der Waals surface area (Å²) in [5.74, 6) is -0.128. The number of carbonyl (C=O) groups excluding carboxylic acids is 1. The topological polar surface area (TPSA) is 38.3 Å². The van der Waals surface area contributed by atoms with E-state index in [1.807, 2.05) is 0 Å². The number of hydrogen-bond acceptors (Lipinski definition) is 3. The fourth-order valence-corrected chi connectivity index (χ4v) is 3.00. The van der Waals surface area contributed by atoms with Gasteiger partial charge < -0.3 is 10.1 Å². The van der Waals surface area contributed by atoms with Gasteiger partial charge >= 0.3 is 12.1 Å². The maximum atomic E-state index is 13.0. The highest BCUT2D eigenvalue weighted by Crippen LogP contribution is 2.35. The number of nitrogens with one attached hydrogen (secondary N) is 1. The minimum absolute atomic E-state index is 0.104. The zero-order valence-corrected chi connectivity index (χ0v) is 13.2. The fraction of sp³-hybridized carbons (Fsp3) is 0.588. The second-order valence-electron chi connectivity index (χ2n) is 5.74. The summed E-state index contributed by atoms with van der Waals surface area (Å²) in [7, 11) is 0. The Bertz CT molecular complexity index is 537. The van der Waals surface area contributed by atoms with Crippen molar-refractivity contribution in [1.82, 2.24) is 5.32 Å². The summed E-state index contributed by atoms with van der Waals surface area (Å²) >= 11 is 0. The van der Waals surface area contributed by atoms with E-state index in [-0.39, 0.29) is 31.3 Å². The molecule has 6 heteroatoms. The third kappa shape index (κ3) is 4.96. The van der Waals surface area contributed by atoms with Gasteiger partial charge in [-0.15, -0.1) is 0 Å². The van der Waals surface area contributed by atoms with Crippen molar-refractivity contribution in [2.45, 2.75) is 44.7 Å². The van der Waals surface area contributed by atoms with Crippen LogP contribution in [0.5, 0.6) is 0 Å². The van der Waals surface area contributed by atoms with E-state index in [0.717, 1.165) is 37.6 Å². The molecule has 1 saturated heterocycles. The second-order valence-corrected chi connectivity index (χ2v) is 5.74. The van der Waals surface area contributed by atoms with E-state index in [4.69, 9.17) is 4.74 Å². The molecule has 0 spiro atoms. The number of hydrogen-bond donors (Lipinski definition) is 1. The Kier molecular flexibility index (Phi) is 6.04. The zero-order chi connectivity index (χ0) is 16.9. The van der Waals surface area contributed by atoms with Crippen molar-refractivity contribution in [2.75, 3.05) is 19.7 Å². The number of carbonyl (C=O) groups is 1. The molecule has 1 aromatic carbocycles. The Hall–Kier alpha value is -1.56. The molecule has 0 unspecified atom stereocenters. The third-order valence-electron chi connectivity index (χ3n) is 4.15. The number of rotatable bonds is 5. The highest BCUT2D eigenvalue weighted by molar-refractivity contribution is 5.69. The van der Waals surface area contributed by atoms with Crippen LogP contribution in [0.3, 0.4) is 0 Å². The van der Waals surface area contributed by atoms with Crippen LogP contribution in [0.2, 0.25) is 0 Å². The van der Waals surface area contributed by atoms with E-state index in [9.17, 15) is 18.0 Å². The summed E-state index contributed by atoms with van der Waals surface area (Å²) < 4.78 is 43.8. The van der Waals surface area contributed by atoms with E-state index in [1.54, 1.807) is 13.0 Å². The van der Waals surface area contributed by atoms with Gasteiger partial charge in [-0.1, -0.05) is 6.07 Å². The maximum Gasteiger partial charge on any atom is 0.416 e. The van der Waals surface area contributed by atoms with Gasteiger partial charge in [0.1, 0.15) is 0 Å². The number of ether oxygens (including phenoxy) is 1. The molecule has 0 radical (unpaired) electrons. The number of esters is 1. The van der Waals surface area contributed by atoms with Gasteiger partial charge in [0.2, 0.25) is 0 Å². The van der Waals surface area contributed by atoms with Crippen molar-refractivity contribution in [2.24, 2.45) is 0 Å². The maximum absolute atomic E-state index is 13.0. The van der Waals surface area contributed by atoms with Crippen LogP contribution >= 0.6 is 0 Å². The number of alkyl halides is 3. The Morgan fingerprint density at radius 1 is 1.30 bits per heavy atom. The van der Waals surface area contributed by atoms with Crippen LogP contribution in [0.15, 0.2) is 18.2 Å². The number of halogens is 3. The zero-order valence-electron chi connectivity index (χ0n) is 13.2. The monoisotopic (exact) mass is 329 g/mol. The van der Waals surface area contributed by atoms with Crippen LogP contribution in [0.25, 0.3) is 0 Å². The van der Waals surface area contributed by atoms with E-state index in [1.165, 1.54) is 6.07 Å². The van der Waals surface area contributed by atoms with E-state index in [2.05, 4.69) is 5.32 Å². The Morgan fingerprint density at radius 2 is 2.00 bits per heavy atom. The van der Waals surface area contributed by atoms with Crippen molar-refractivity contribution in [3.05, 3.63) is 34.9 Å². The molecular formula is C17H22F3NO2. The van der Waals surface area contributed by atoms with Gasteiger partial charge in [-0.25, -0.2) is 0 Å². The standard InChI is InChI=1S/C17H22F3NO2/c1-2-23-16(22)6-3-13-11-14(17(18,19)20)4-5-15(13)12-7-9-21-10-8-12/h4-5,11-12,21H,2-3,6-10H2,1H3. The quantitative estimate of drug-likeness (QED) is 0.838. The van der Waals surface area contributed by atoms with Crippen LogP contribution in [0, 0.1) is 0 Å². The van der Waals surface area contributed by atoms with Gasteiger partial charge in [0.05, 0.1) is 12.2 Å². The molecule has 0 aromatic heterocycles. The summed E-state index contributed by atoms with van der Waals surface area (Å²) in [6.45, 7) is 3.72. The second kappa shape index (κ2) is 7.81. The molecule has 128 valence electrons. The summed E-state index contributed by atoms with van der Waals surface area (Å²) in [4.78, 5) is 11.5. The molecule has 23 heavy (non-hydrogen) atoms. The summed E-state index contributed by atoms with van der Waals surface area (Å²) in [6, 6.07) is 3.92. The molecule has 0 saturated carbocycles. The minimum Gasteiger partial charge on any atom is -0.466 e. The largest absolute Gasteiger partial charge is 0.466 e. The molecule has 1 aromatic rings. The predicted octanol–water partition coefficient (Wildman–Crippen LogP) is 3.67. The highest BCUT2D eigenvalue weighted by Gasteiger charge is 2.31. The van der Waals surface area contributed by atoms with Crippen molar-refractivity contribution in [3.63, 3.8) is 0 Å². The molecule has 0 amide bonds. The predicted molar refractivity (Wildman–Crippen MR) is 81.2 cm³/mol. The van der Waals surface area contributed by atoms with Crippen LogP contribution in [-0.4, -0.2) is 25.7 Å². The Balaban J connectivity index is 2.23. The molecule has 1 aliphatic rings. The van der Waals surface area contributed by atoms with Gasteiger partial charge in [0.15, 0.2) is 0 Å². The first-order valence-electron chi connectivity index (χ1n) is 7.98. The molecule has 1 N–H and O–H groups in total. The summed E-state index contributed by atoms with van der Waals surface area (Å²) in [5, 5.41) is 3.25. The average Bonchev–Trinajstić information content (AvgIpc) is 2.53. The normalized spacial score (nSPS) is 16.3. The molecule has 2 rings (SSSR count). The fourth-order valence-electron chi connectivity index (χ4n) is 3.00. The lowest BCUT2D eigenvalue weighted by molar-refractivity contribution is -0.143. The van der Waals surface area contributed by atoms with E-state index < -0.39 is 11.7 Å². The van der Waals surface area contributed by atoms with Gasteiger partial charge in [0, 0.05) is 6.42 Å². The number of aryl methyl sites for hydroxylation is 1. The molecule has 1 heterocycles. The highest BCUT2D eigenvalue weighted by atomic mass is 19.4. The Labute approximate surface area is 134 Å². The summed E-state index contributed by atoms with van der Waals surface area (Å²) in [5.41, 5.74) is 0.887.